The van der Waals surface area contributed by atoms with E-state index in [9.17, 15) is 0 Å². The van der Waals surface area contributed by atoms with Crippen molar-refractivity contribution < 1.29 is 4.74 Å². The Hall–Kier alpha value is -2.64. The molecule has 3 aromatic rings. The molecule has 0 spiro atoms. The lowest BCUT2D eigenvalue weighted by Gasteiger charge is -2.02. The first-order valence-corrected chi connectivity index (χ1v) is 7.36. The molecule has 0 atom stereocenters. The summed E-state index contributed by atoms with van der Waals surface area (Å²) in [6, 6.07) is 19.2. The van der Waals surface area contributed by atoms with Gasteiger partial charge in [-0.25, -0.2) is 4.98 Å². The Morgan fingerprint density at radius 1 is 1.05 bits per heavy atom. The number of aromatic nitrogens is 1. The molecule has 102 valence electrons. The van der Waals surface area contributed by atoms with Crippen LogP contribution in [0.1, 0.15) is 10.6 Å². The maximum absolute atomic E-state index is 8.80. The number of nitrogens with zero attached hydrogens (tertiary/aromatic N) is 2. The van der Waals surface area contributed by atoms with Crippen LogP contribution >= 0.6 is 11.3 Å². The summed E-state index contributed by atoms with van der Waals surface area (Å²) in [5, 5.41) is 11.7. The van der Waals surface area contributed by atoms with Crippen molar-refractivity contribution >= 4 is 11.3 Å². The molecule has 0 N–H and O–H groups in total. The first kappa shape index (κ1) is 13.3. The summed E-state index contributed by atoms with van der Waals surface area (Å²) in [6.07, 6.45) is 0. The van der Waals surface area contributed by atoms with Crippen LogP contribution in [0.15, 0.2) is 60.0 Å². The Bertz CT molecular complexity index is 757. The van der Waals surface area contributed by atoms with Gasteiger partial charge in [0.05, 0.1) is 17.3 Å². The van der Waals surface area contributed by atoms with Gasteiger partial charge in [0, 0.05) is 10.9 Å². The molecule has 0 aliphatic heterocycles. The van der Waals surface area contributed by atoms with E-state index in [0.717, 1.165) is 22.0 Å². The highest BCUT2D eigenvalue weighted by Gasteiger charge is 2.05. The van der Waals surface area contributed by atoms with E-state index in [2.05, 4.69) is 11.1 Å². The quantitative estimate of drug-likeness (QED) is 0.721. The zero-order chi connectivity index (χ0) is 14.5. The van der Waals surface area contributed by atoms with E-state index >= 15 is 0 Å². The third-order valence-electron chi connectivity index (χ3n) is 2.97. The molecule has 1 heterocycles. The molecule has 3 nitrogen and oxygen atoms in total. The molecule has 0 saturated carbocycles. The van der Waals surface area contributed by atoms with E-state index < -0.39 is 0 Å². The van der Waals surface area contributed by atoms with Gasteiger partial charge in [-0.1, -0.05) is 30.3 Å². The van der Waals surface area contributed by atoms with Gasteiger partial charge in [0.1, 0.15) is 17.4 Å². The molecule has 0 aliphatic carbocycles. The average Bonchev–Trinajstić information content (AvgIpc) is 3.03. The van der Waals surface area contributed by atoms with Gasteiger partial charge >= 0.3 is 0 Å². The van der Waals surface area contributed by atoms with Crippen molar-refractivity contribution in [1.82, 2.24) is 4.98 Å². The fourth-order valence-electron chi connectivity index (χ4n) is 1.89. The van der Waals surface area contributed by atoms with Crippen LogP contribution in [0.4, 0.5) is 0 Å². The summed E-state index contributed by atoms with van der Waals surface area (Å²) < 4.78 is 5.68. The summed E-state index contributed by atoms with van der Waals surface area (Å²) in [4.78, 5) is 4.56. The largest absolute Gasteiger partial charge is 0.486 e. The summed E-state index contributed by atoms with van der Waals surface area (Å²) in [6.45, 7) is 0.463. The molecule has 0 aliphatic rings. The molecule has 3 rings (SSSR count). The van der Waals surface area contributed by atoms with Crippen molar-refractivity contribution in [2.24, 2.45) is 0 Å². The molecule has 21 heavy (non-hydrogen) atoms. The highest BCUT2D eigenvalue weighted by atomic mass is 32.1. The average molecular weight is 292 g/mol. The Kier molecular flexibility index (Phi) is 3.95. The third kappa shape index (κ3) is 3.28. The Morgan fingerprint density at radius 3 is 2.52 bits per heavy atom. The van der Waals surface area contributed by atoms with Crippen LogP contribution in [-0.4, -0.2) is 4.98 Å². The topological polar surface area (TPSA) is 45.9 Å². The standard InChI is InChI=1S/C17H12N2OS/c18-10-13-6-8-14(9-7-13)16-12-21-17(19-16)11-20-15-4-2-1-3-5-15/h1-9,12H,11H2. The van der Waals surface area contributed by atoms with Crippen LogP contribution in [0.5, 0.6) is 5.75 Å². The van der Waals surface area contributed by atoms with Gasteiger partial charge in [-0.15, -0.1) is 11.3 Å². The van der Waals surface area contributed by atoms with Crippen molar-refractivity contribution in [2.45, 2.75) is 6.61 Å². The highest BCUT2D eigenvalue weighted by molar-refractivity contribution is 7.09. The van der Waals surface area contributed by atoms with Crippen molar-refractivity contribution in [2.75, 3.05) is 0 Å². The predicted octanol–water partition coefficient (Wildman–Crippen LogP) is 4.26. The maximum Gasteiger partial charge on any atom is 0.140 e. The van der Waals surface area contributed by atoms with Crippen molar-refractivity contribution in [3.63, 3.8) is 0 Å². The van der Waals surface area contributed by atoms with Crippen LogP contribution < -0.4 is 4.74 Å². The molecule has 2 aromatic carbocycles. The van der Waals surface area contributed by atoms with E-state index in [0.29, 0.717) is 12.2 Å². The van der Waals surface area contributed by atoms with Gasteiger partial charge in [0.2, 0.25) is 0 Å². The van der Waals surface area contributed by atoms with E-state index in [1.54, 1.807) is 23.5 Å². The second-order valence-corrected chi connectivity index (χ2v) is 5.36. The van der Waals surface area contributed by atoms with Gasteiger partial charge in [-0.3, -0.25) is 0 Å². The minimum absolute atomic E-state index is 0.463. The van der Waals surface area contributed by atoms with Crippen LogP contribution in [0.3, 0.4) is 0 Å². The van der Waals surface area contributed by atoms with E-state index in [1.165, 1.54) is 0 Å². The van der Waals surface area contributed by atoms with E-state index in [4.69, 9.17) is 10.00 Å². The molecule has 0 bridgehead atoms. The predicted molar refractivity (Wildman–Crippen MR) is 83.0 cm³/mol. The SMILES string of the molecule is N#Cc1ccc(-c2csc(COc3ccccc3)n2)cc1. The monoisotopic (exact) mass is 292 g/mol. The number of rotatable bonds is 4. The van der Waals surface area contributed by atoms with Crippen LogP contribution in [0.25, 0.3) is 11.3 Å². The Morgan fingerprint density at radius 2 is 1.81 bits per heavy atom. The smallest absolute Gasteiger partial charge is 0.140 e. The number of para-hydroxylation sites is 1. The summed E-state index contributed by atoms with van der Waals surface area (Å²) >= 11 is 1.57. The number of ether oxygens (including phenoxy) is 1. The normalized spacial score (nSPS) is 10.0. The molecule has 0 radical (unpaired) electrons. The lowest BCUT2D eigenvalue weighted by molar-refractivity contribution is 0.305. The van der Waals surface area contributed by atoms with Gasteiger partial charge in [-0.05, 0) is 24.3 Å². The van der Waals surface area contributed by atoms with Gasteiger partial charge in [0.15, 0.2) is 0 Å². The molecule has 0 fully saturated rings. The van der Waals surface area contributed by atoms with Crippen LogP contribution in [0, 0.1) is 11.3 Å². The van der Waals surface area contributed by atoms with E-state index in [1.807, 2.05) is 47.8 Å². The molecule has 0 unspecified atom stereocenters. The lowest BCUT2D eigenvalue weighted by Crippen LogP contribution is -1.94. The van der Waals surface area contributed by atoms with Gasteiger partial charge in [0.25, 0.3) is 0 Å². The molecule has 0 saturated heterocycles. The molecule has 0 amide bonds. The first-order valence-electron chi connectivity index (χ1n) is 6.48. The van der Waals surface area contributed by atoms with Crippen molar-refractivity contribution in [3.8, 4) is 23.1 Å². The second-order valence-electron chi connectivity index (χ2n) is 4.42. The van der Waals surface area contributed by atoms with Crippen LogP contribution in [0.2, 0.25) is 0 Å². The number of benzene rings is 2. The fourth-order valence-corrected chi connectivity index (χ4v) is 2.60. The Balaban J connectivity index is 1.69. The molecule has 1 aromatic heterocycles. The minimum Gasteiger partial charge on any atom is -0.486 e. The first-order chi connectivity index (χ1) is 10.3. The van der Waals surface area contributed by atoms with E-state index in [-0.39, 0.29) is 0 Å². The zero-order valence-electron chi connectivity index (χ0n) is 11.2. The number of nitriles is 1. The van der Waals surface area contributed by atoms with Gasteiger partial charge in [-0.2, -0.15) is 5.26 Å². The highest BCUT2D eigenvalue weighted by Crippen LogP contribution is 2.23. The zero-order valence-corrected chi connectivity index (χ0v) is 12.0. The fraction of sp³-hybridized carbons (Fsp3) is 0.0588. The lowest BCUT2D eigenvalue weighted by atomic mass is 10.1. The summed E-state index contributed by atoms with van der Waals surface area (Å²) in [5.74, 6) is 0.840. The van der Waals surface area contributed by atoms with Gasteiger partial charge < -0.3 is 4.74 Å². The maximum atomic E-state index is 8.80. The second kappa shape index (κ2) is 6.21. The number of hydrogen-bond acceptors (Lipinski definition) is 4. The molecular formula is C17H12N2OS. The Labute approximate surface area is 127 Å². The van der Waals surface area contributed by atoms with Crippen molar-refractivity contribution in [3.05, 3.63) is 70.5 Å². The molecular weight excluding hydrogens is 280 g/mol. The summed E-state index contributed by atoms with van der Waals surface area (Å²) in [5.41, 5.74) is 2.58. The third-order valence-corrected chi connectivity index (χ3v) is 3.79. The number of thiazole rings is 1. The minimum atomic E-state index is 0.463. The summed E-state index contributed by atoms with van der Waals surface area (Å²) in [7, 11) is 0. The number of hydrogen-bond donors (Lipinski definition) is 0. The van der Waals surface area contributed by atoms with Crippen LogP contribution in [-0.2, 0) is 6.61 Å². The van der Waals surface area contributed by atoms with Crippen molar-refractivity contribution in [1.29, 1.82) is 5.26 Å². The molecule has 4 heteroatoms.